The smallest absolute Gasteiger partial charge is 0.181 e. The monoisotopic (exact) mass is 297 g/mol. The van der Waals surface area contributed by atoms with Crippen LogP contribution in [0.4, 0.5) is 5.69 Å². The van der Waals surface area contributed by atoms with Gasteiger partial charge in [0.15, 0.2) is 11.5 Å². The van der Waals surface area contributed by atoms with E-state index >= 15 is 0 Å². The molecule has 0 spiro atoms. The topological polar surface area (TPSA) is 44.5 Å². The van der Waals surface area contributed by atoms with Crippen LogP contribution in [-0.2, 0) is 6.61 Å². The summed E-state index contributed by atoms with van der Waals surface area (Å²) in [6.07, 6.45) is 0. The Morgan fingerprint density at radius 3 is 2.47 bits per heavy atom. The maximum absolute atomic E-state index is 6.07. The Morgan fingerprint density at radius 2 is 1.84 bits per heavy atom. The van der Waals surface area contributed by atoms with Crippen molar-refractivity contribution < 1.29 is 9.47 Å². The van der Waals surface area contributed by atoms with Crippen molar-refractivity contribution in [2.45, 2.75) is 6.61 Å². The molecule has 0 atom stereocenters. The molecule has 0 heterocycles. The number of benzene rings is 2. The van der Waals surface area contributed by atoms with Gasteiger partial charge in [-0.3, -0.25) is 0 Å². The van der Waals surface area contributed by atoms with E-state index in [4.69, 9.17) is 38.4 Å². The third-order valence-corrected chi connectivity index (χ3v) is 3.30. The molecule has 19 heavy (non-hydrogen) atoms. The Bertz CT molecular complexity index is 573. The van der Waals surface area contributed by atoms with Crippen LogP contribution in [0, 0.1) is 0 Å². The summed E-state index contributed by atoms with van der Waals surface area (Å²) in [5.41, 5.74) is 7.06. The summed E-state index contributed by atoms with van der Waals surface area (Å²) in [6, 6.07) is 11.4. The fraction of sp³-hybridized carbons (Fsp3) is 0.143. The summed E-state index contributed by atoms with van der Waals surface area (Å²) < 4.78 is 10.9. The first kappa shape index (κ1) is 13.8. The van der Waals surface area contributed by atoms with Gasteiger partial charge in [0.05, 0.1) is 17.8 Å². The van der Waals surface area contributed by atoms with Crippen molar-refractivity contribution >= 4 is 28.9 Å². The van der Waals surface area contributed by atoms with E-state index in [0.717, 1.165) is 5.56 Å². The lowest BCUT2D eigenvalue weighted by molar-refractivity contribution is 0.285. The molecular formula is C14H13Cl2NO2. The standard InChI is InChI=1S/C14H13Cl2NO2/c1-18-14-11(7-10(15)13(17)12(14)16)19-8-9-5-3-2-4-6-9/h2-7H,8,17H2,1H3. The first-order chi connectivity index (χ1) is 9.13. The number of rotatable bonds is 4. The van der Waals surface area contributed by atoms with Crippen molar-refractivity contribution in [1.82, 2.24) is 0 Å². The van der Waals surface area contributed by atoms with Gasteiger partial charge in [0.2, 0.25) is 0 Å². The lowest BCUT2D eigenvalue weighted by Gasteiger charge is -2.14. The molecule has 5 heteroatoms. The van der Waals surface area contributed by atoms with Gasteiger partial charge in [0.1, 0.15) is 11.6 Å². The average molecular weight is 298 g/mol. The molecule has 2 aromatic rings. The molecule has 2 rings (SSSR count). The first-order valence-electron chi connectivity index (χ1n) is 5.61. The predicted octanol–water partition coefficient (Wildman–Crippen LogP) is 4.16. The van der Waals surface area contributed by atoms with Gasteiger partial charge in [-0.1, -0.05) is 53.5 Å². The highest BCUT2D eigenvalue weighted by atomic mass is 35.5. The summed E-state index contributed by atoms with van der Waals surface area (Å²) in [4.78, 5) is 0. The van der Waals surface area contributed by atoms with Gasteiger partial charge in [-0.05, 0) is 5.56 Å². The van der Waals surface area contributed by atoms with Gasteiger partial charge in [0.25, 0.3) is 0 Å². The van der Waals surface area contributed by atoms with Crippen molar-refractivity contribution in [2.24, 2.45) is 0 Å². The first-order valence-corrected chi connectivity index (χ1v) is 6.37. The molecule has 0 aliphatic carbocycles. The molecule has 0 unspecified atom stereocenters. The Balaban J connectivity index is 2.25. The number of nitrogens with two attached hydrogens (primary N) is 1. The van der Waals surface area contributed by atoms with Gasteiger partial charge in [-0.25, -0.2) is 0 Å². The van der Waals surface area contributed by atoms with Crippen LogP contribution < -0.4 is 15.2 Å². The van der Waals surface area contributed by atoms with Crippen LogP contribution in [-0.4, -0.2) is 7.11 Å². The van der Waals surface area contributed by atoms with Crippen LogP contribution in [0.25, 0.3) is 0 Å². The zero-order valence-corrected chi connectivity index (χ0v) is 11.8. The molecule has 0 aliphatic rings. The largest absolute Gasteiger partial charge is 0.491 e. The molecule has 0 aliphatic heterocycles. The third kappa shape index (κ3) is 3.06. The maximum Gasteiger partial charge on any atom is 0.181 e. The van der Waals surface area contributed by atoms with E-state index in [1.165, 1.54) is 7.11 Å². The van der Waals surface area contributed by atoms with Crippen LogP contribution >= 0.6 is 23.2 Å². The van der Waals surface area contributed by atoms with Crippen molar-refractivity contribution in [3.05, 3.63) is 52.0 Å². The van der Waals surface area contributed by atoms with Crippen LogP contribution in [0.3, 0.4) is 0 Å². The predicted molar refractivity (Wildman–Crippen MR) is 78.2 cm³/mol. The van der Waals surface area contributed by atoms with E-state index in [-0.39, 0.29) is 10.7 Å². The highest BCUT2D eigenvalue weighted by Crippen LogP contribution is 2.43. The van der Waals surface area contributed by atoms with Crippen molar-refractivity contribution in [1.29, 1.82) is 0 Å². The second-order valence-corrected chi connectivity index (χ2v) is 4.68. The van der Waals surface area contributed by atoms with Crippen LogP contribution in [0.5, 0.6) is 11.5 Å². The number of hydrogen-bond donors (Lipinski definition) is 1. The molecule has 3 nitrogen and oxygen atoms in total. The second kappa shape index (κ2) is 6.04. The maximum atomic E-state index is 6.07. The number of ether oxygens (including phenoxy) is 2. The van der Waals surface area contributed by atoms with E-state index < -0.39 is 0 Å². The number of methoxy groups -OCH3 is 1. The number of hydrogen-bond acceptors (Lipinski definition) is 3. The van der Waals surface area contributed by atoms with Crippen molar-refractivity contribution in [3.8, 4) is 11.5 Å². The molecule has 0 aromatic heterocycles. The van der Waals surface area contributed by atoms with E-state index in [0.29, 0.717) is 23.1 Å². The molecule has 0 saturated heterocycles. The Hall–Kier alpha value is -1.58. The highest BCUT2D eigenvalue weighted by molar-refractivity contribution is 6.40. The van der Waals surface area contributed by atoms with Crippen LogP contribution in [0.2, 0.25) is 10.0 Å². The van der Waals surface area contributed by atoms with E-state index in [1.807, 2.05) is 30.3 Å². The SMILES string of the molecule is COc1c(OCc2ccccc2)cc(Cl)c(N)c1Cl. The lowest BCUT2D eigenvalue weighted by atomic mass is 10.2. The van der Waals surface area contributed by atoms with Crippen molar-refractivity contribution in [3.63, 3.8) is 0 Å². The van der Waals surface area contributed by atoms with Gasteiger partial charge in [-0.2, -0.15) is 0 Å². The zero-order valence-electron chi connectivity index (χ0n) is 10.3. The molecule has 2 N–H and O–H groups in total. The molecule has 0 radical (unpaired) electrons. The lowest BCUT2D eigenvalue weighted by Crippen LogP contribution is -2.00. The Labute approximate surface area is 121 Å². The normalized spacial score (nSPS) is 10.3. The quantitative estimate of drug-likeness (QED) is 0.862. The van der Waals surface area contributed by atoms with E-state index in [1.54, 1.807) is 6.07 Å². The molecule has 0 fully saturated rings. The molecule has 0 saturated carbocycles. The minimum Gasteiger partial charge on any atom is -0.491 e. The minimum atomic E-state index is 0.262. The van der Waals surface area contributed by atoms with Crippen LogP contribution in [0.1, 0.15) is 5.56 Å². The summed E-state index contributed by atoms with van der Waals surface area (Å²) >= 11 is 12.1. The number of halogens is 2. The molecule has 100 valence electrons. The van der Waals surface area contributed by atoms with Crippen LogP contribution in [0.15, 0.2) is 36.4 Å². The molecular weight excluding hydrogens is 285 g/mol. The molecule has 2 aromatic carbocycles. The van der Waals surface area contributed by atoms with Gasteiger partial charge >= 0.3 is 0 Å². The second-order valence-electron chi connectivity index (χ2n) is 3.89. The fourth-order valence-corrected chi connectivity index (χ4v) is 2.14. The highest BCUT2D eigenvalue weighted by Gasteiger charge is 2.16. The van der Waals surface area contributed by atoms with Crippen molar-refractivity contribution in [2.75, 3.05) is 12.8 Å². The van der Waals surface area contributed by atoms with E-state index in [9.17, 15) is 0 Å². The summed E-state index contributed by atoms with van der Waals surface area (Å²) in [7, 11) is 1.50. The fourth-order valence-electron chi connectivity index (χ4n) is 1.63. The molecule has 0 amide bonds. The van der Waals surface area contributed by atoms with Gasteiger partial charge in [-0.15, -0.1) is 0 Å². The van der Waals surface area contributed by atoms with Gasteiger partial charge in [0, 0.05) is 6.07 Å². The summed E-state index contributed by atoms with van der Waals surface area (Å²) in [5, 5.41) is 0.604. The third-order valence-electron chi connectivity index (χ3n) is 2.62. The molecule has 0 bridgehead atoms. The number of nitrogen functional groups attached to an aromatic ring is 1. The zero-order chi connectivity index (χ0) is 13.8. The minimum absolute atomic E-state index is 0.262. The van der Waals surface area contributed by atoms with E-state index in [2.05, 4.69) is 0 Å². The summed E-state index contributed by atoms with van der Waals surface area (Å²) in [5.74, 6) is 0.857. The average Bonchev–Trinajstić information content (AvgIpc) is 2.44. The number of anilines is 1. The Kier molecular flexibility index (Phi) is 4.40. The van der Waals surface area contributed by atoms with Gasteiger partial charge < -0.3 is 15.2 Å². The summed E-state index contributed by atoms with van der Waals surface area (Å²) in [6.45, 7) is 0.397. The Morgan fingerprint density at radius 1 is 1.16 bits per heavy atom.